The van der Waals surface area contributed by atoms with Crippen molar-refractivity contribution in [3.8, 4) is 5.75 Å². The monoisotopic (exact) mass is 531 g/mol. The van der Waals surface area contributed by atoms with Crippen LogP contribution in [-0.2, 0) is 23.4 Å². The molecule has 0 aliphatic carbocycles. The molecule has 1 aromatic heterocycles. The highest BCUT2D eigenvalue weighted by atomic mass is 31.2. The second kappa shape index (κ2) is 11.0. The van der Waals surface area contributed by atoms with Gasteiger partial charge in [0.1, 0.15) is 30.6 Å². The first-order valence-electron chi connectivity index (χ1n) is 10.9. The zero-order valence-corrected chi connectivity index (χ0v) is 20.5. The van der Waals surface area contributed by atoms with Crippen molar-refractivity contribution in [1.29, 1.82) is 0 Å². The average Bonchev–Trinajstić information content (AvgIpc) is 3.02. The van der Waals surface area contributed by atoms with E-state index in [1.165, 1.54) is 19.1 Å². The first kappa shape index (κ1) is 27.7. The Bertz CT molecular complexity index is 1220. The van der Waals surface area contributed by atoms with Gasteiger partial charge in [-0.3, -0.25) is 23.7 Å². The van der Waals surface area contributed by atoms with Gasteiger partial charge in [-0.1, -0.05) is 18.2 Å². The smallest absolute Gasteiger partial charge is 0.459 e. The lowest BCUT2D eigenvalue weighted by atomic mass is 10.1. The molecule has 6 atom stereocenters. The van der Waals surface area contributed by atoms with Gasteiger partial charge in [0.15, 0.2) is 6.23 Å². The average molecular weight is 531 g/mol. The number of para-hydroxylation sites is 1. The van der Waals surface area contributed by atoms with Crippen molar-refractivity contribution >= 4 is 13.7 Å². The number of carbonyl (C=O) groups excluding carboxylic acids is 1. The highest BCUT2D eigenvalue weighted by Gasteiger charge is 2.57. The molecule has 2 heterocycles. The number of alkyl halides is 1. The minimum atomic E-state index is -4.52. The number of benzene rings is 1. The van der Waals surface area contributed by atoms with Crippen LogP contribution in [0.5, 0.6) is 5.75 Å². The van der Waals surface area contributed by atoms with Crippen molar-refractivity contribution in [3.63, 3.8) is 0 Å². The molecule has 1 saturated heterocycles. The molecule has 1 fully saturated rings. The Balaban J connectivity index is 1.81. The van der Waals surface area contributed by atoms with Crippen LogP contribution in [0, 0.1) is 0 Å². The van der Waals surface area contributed by atoms with E-state index in [0.29, 0.717) is 4.57 Å². The van der Waals surface area contributed by atoms with E-state index in [-0.39, 0.29) is 5.75 Å². The summed E-state index contributed by atoms with van der Waals surface area (Å²) in [7, 11) is -4.52. The van der Waals surface area contributed by atoms with Crippen molar-refractivity contribution in [2.75, 3.05) is 6.61 Å². The summed E-state index contributed by atoms with van der Waals surface area (Å²) in [6.07, 6.45) is -5.50. The Morgan fingerprint density at radius 1 is 1.25 bits per heavy atom. The number of esters is 1. The van der Waals surface area contributed by atoms with E-state index in [0.717, 1.165) is 12.3 Å². The predicted octanol–water partition coefficient (Wildman–Crippen LogP) is 0.586. The number of rotatable bonds is 10. The summed E-state index contributed by atoms with van der Waals surface area (Å²) in [6.45, 7) is 3.30. The third kappa shape index (κ3) is 6.46. The van der Waals surface area contributed by atoms with Gasteiger partial charge >= 0.3 is 19.4 Å². The summed E-state index contributed by atoms with van der Waals surface area (Å²) in [4.78, 5) is 37.4. The number of hydrogen-bond acceptors (Lipinski definition) is 10. The standard InChI is InChI=1S/C21H27FN3O10P/c1-12(2)33-19(29)13(3)24-36(31,35-14-7-5-4-6-8-14)32-11-21(22)17(28)16(27)18(34-21)25-10-9-15(26)23-20(25)30/h4-10,12-13,16-18,27-28H,11H2,1-3H3,(H,24,31)(H,23,26,30)/t13-,16-,17+,18?,21-,36+/m1/s1. The molecule has 0 amide bonds. The van der Waals surface area contributed by atoms with Gasteiger partial charge in [0.05, 0.1) is 6.10 Å². The minimum absolute atomic E-state index is 0.0521. The molecule has 36 heavy (non-hydrogen) atoms. The van der Waals surface area contributed by atoms with Crippen LogP contribution >= 0.6 is 7.75 Å². The molecule has 0 saturated carbocycles. The number of ether oxygens (including phenoxy) is 2. The van der Waals surface area contributed by atoms with E-state index in [9.17, 15) is 29.2 Å². The number of H-pyrrole nitrogens is 1. The zero-order valence-electron chi connectivity index (χ0n) is 19.6. The molecule has 198 valence electrons. The summed E-state index contributed by atoms with van der Waals surface area (Å²) in [6, 6.07) is 7.38. The fraction of sp³-hybridized carbons (Fsp3) is 0.476. The number of halogens is 1. The topological polar surface area (TPSA) is 178 Å². The molecule has 3 rings (SSSR count). The Morgan fingerprint density at radius 3 is 2.53 bits per heavy atom. The second-order valence-corrected chi connectivity index (χ2v) is 9.95. The molecule has 1 aromatic carbocycles. The van der Waals surface area contributed by atoms with Gasteiger partial charge in [-0.05, 0) is 32.9 Å². The van der Waals surface area contributed by atoms with Crippen LogP contribution < -0.4 is 20.9 Å². The van der Waals surface area contributed by atoms with E-state index >= 15 is 4.39 Å². The minimum Gasteiger partial charge on any atom is -0.462 e. The van der Waals surface area contributed by atoms with Crippen molar-refractivity contribution < 1.29 is 42.5 Å². The van der Waals surface area contributed by atoms with E-state index in [4.69, 9.17) is 18.5 Å². The third-order valence-electron chi connectivity index (χ3n) is 4.96. The lowest BCUT2D eigenvalue weighted by Gasteiger charge is -2.27. The van der Waals surface area contributed by atoms with E-state index in [1.54, 1.807) is 32.0 Å². The van der Waals surface area contributed by atoms with Gasteiger partial charge in [0.25, 0.3) is 11.4 Å². The van der Waals surface area contributed by atoms with Crippen LogP contribution in [0.3, 0.4) is 0 Å². The zero-order chi connectivity index (χ0) is 26.7. The fourth-order valence-corrected chi connectivity index (χ4v) is 4.73. The van der Waals surface area contributed by atoms with E-state index in [1.807, 2.05) is 4.98 Å². The molecule has 13 nitrogen and oxygen atoms in total. The van der Waals surface area contributed by atoms with Crippen LogP contribution in [0.15, 0.2) is 52.2 Å². The molecule has 0 spiro atoms. The predicted molar refractivity (Wildman–Crippen MR) is 122 cm³/mol. The number of hydrogen-bond donors (Lipinski definition) is 4. The van der Waals surface area contributed by atoms with Crippen LogP contribution in [0.1, 0.15) is 27.0 Å². The largest absolute Gasteiger partial charge is 0.462 e. The SMILES string of the molecule is CC(C)OC(=O)[C@@H](C)N[P@](=O)(OC[C@@]1(F)OC(n2ccc(=O)[nH]c2=O)[C@H](O)[C@@H]1O)Oc1ccccc1. The molecule has 1 unspecified atom stereocenters. The van der Waals surface area contributed by atoms with Gasteiger partial charge in [-0.15, -0.1) is 0 Å². The summed E-state index contributed by atoms with van der Waals surface area (Å²) < 4.78 is 50.5. The van der Waals surface area contributed by atoms with Crippen LogP contribution in [0.2, 0.25) is 0 Å². The highest BCUT2D eigenvalue weighted by Crippen LogP contribution is 2.48. The fourth-order valence-electron chi connectivity index (χ4n) is 3.23. The molecule has 0 bridgehead atoms. The normalized spacial score (nSPS) is 26.4. The van der Waals surface area contributed by atoms with Crippen molar-refractivity contribution in [2.24, 2.45) is 0 Å². The maximum absolute atomic E-state index is 15.6. The number of nitrogens with one attached hydrogen (secondary N) is 2. The Labute approximate surface area is 204 Å². The van der Waals surface area contributed by atoms with Crippen molar-refractivity contribution in [2.45, 2.75) is 57.2 Å². The van der Waals surface area contributed by atoms with Gasteiger partial charge in [-0.2, -0.15) is 5.09 Å². The molecule has 15 heteroatoms. The number of nitrogens with zero attached hydrogens (tertiary/aromatic N) is 1. The highest BCUT2D eigenvalue weighted by molar-refractivity contribution is 7.52. The lowest BCUT2D eigenvalue weighted by Crippen LogP contribution is -2.44. The first-order valence-corrected chi connectivity index (χ1v) is 12.4. The number of aliphatic hydroxyl groups excluding tert-OH is 2. The van der Waals surface area contributed by atoms with Crippen LogP contribution in [-0.4, -0.2) is 62.5 Å². The summed E-state index contributed by atoms with van der Waals surface area (Å²) in [5.74, 6) is -3.90. The van der Waals surface area contributed by atoms with Crippen molar-refractivity contribution in [1.82, 2.24) is 14.6 Å². The number of aliphatic hydroxyl groups is 2. The molecule has 1 aliphatic heterocycles. The quantitative estimate of drug-likeness (QED) is 0.249. The maximum atomic E-state index is 15.6. The summed E-state index contributed by atoms with van der Waals surface area (Å²) in [5.41, 5.74) is -1.77. The molecule has 2 aromatic rings. The third-order valence-corrected chi connectivity index (χ3v) is 6.58. The molecular formula is C21H27FN3O10P. The Hall–Kier alpha value is -2.87. The first-order chi connectivity index (χ1) is 16.8. The van der Waals surface area contributed by atoms with Gasteiger partial charge in [0.2, 0.25) is 0 Å². The van der Waals surface area contributed by atoms with Crippen LogP contribution in [0.4, 0.5) is 4.39 Å². The van der Waals surface area contributed by atoms with Crippen LogP contribution in [0.25, 0.3) is 0 Å². The van der Waals surface area contributed by atoms with Gasteiger partial charge in [0, 0.05) is 12.3 Å². The number of carbonyl (C=O) groups is 1. The molecule has 4 N–H and O–H groups in total. The molecule has 1 aliphatic rings. The van der Waals surface area contributed by atoms with Crippen molar-refractivity contribution in [3.05, 3.63) is 63.4 Å². The molecular weight excluding hydrogens is 504 g/mol. The van der Waals surface area contributed by atoms with E-state index in [2.05, 4.69) is 5.09 Å². The van der Waals surface area contributed by atoms with Gasteiger partial charge in [-0.25, -0.2) is 13.8 Å². The summed E-state index contributed by atoms with van der Waals surface area (Å²) in [5, 5.41) is 23.0. The Morgan fingerprint density at radius 2 is 1.92 bits per heavy atom. The second-order valence-electron chi connectivity index (χ2n) is 8.26. The maximum Gasteiger partial charge on any atom is 0.459 e. The molecule has 0 radical (unpaired) electrons. The summed E-state index contributed by atoms with van der Waals surface area (Å²) >= 11 is 0. The Kier molecular flexibility index (Phi) is 8.49. The van der Waals surface area contributed by atoms with Gasteiger partial charge < -0.3 is 24.2 Å². The number of aromatic nitrogens is 2. The number of aromatic amines is 1. The lowest BCUT2D eigenvalue weighted by molar-refractivity contribution is -0.204. The van der Waals surface area contributed by atoms with E-state index < -0.39 is 68.0 Å².